The zero-order chi connectivity index (χ0) is 24.2. The smallest absolute Gasteiger partial charge is 0.324 e. The molecule has 2 heterocycles. The minimum Gasteiger partial charge on any atom is -0.379 e. The van der Waals surface area contributed by atoms with Crippen LogP contribution in [-0.4, -0.2) is 66.1 Å². The van der Waals surface area contributed by atoms with Gasteiger partial charge in [0.05, 0.1) is 11.8 Å². The molecule has 1 atom stereocenters. The molecule has 2 aliphatic heterocycles. The molecule has 0 bridgehead atoms. The van der Waals surface area contributed by atoms with Crippen molar-refractivity contribution < 1.29 is 23.1 Å². The molecule has 9 heteroatoms. The number of carbonyl (C=O) groups excluding carboxylic acids is 2. The molecule has 2 fully saturated rings. The van der Waals surface area contributed by atoms with E-state index in [-0.39, 0.29) is 18.2 Å². The predicted molar refractivity (Wildman–Crippen MR) is 128 cm³/mol. The molecular formula is C25H31N3O5S. The quantitative estimate of drug-likeness (QED) is 0.397. The number of amides is 3. The van der Waals surface area contributed by atoms with Crippen molar-refractivity contribution >= 4 is 22.0 Å². The molecule has 0 spiro atoms. The van der Waals surface area contributed by atoms with E-state index in [1.165, 1.54) is 9.21 Å². The summed E-state index contributed by atoms with van der Waals surface area (Å²) in [5, 5.41) is 14.3. The first-order chi connectivity index (χ1) is 16.3. The lowest BCUT2D eigenvalue weighted by molar-refractivity contribution is -0.118. The number of unbranched alkanes of at least 4 members (excludes halogenated alkanes) is 2. The summed E-state index contributed by atoms with van der Waals surface area (Å²) < 4.78 is 28.2. The Morgan fingerprint density at radius 3 is 2.12 bits per heavy atom. The fourth-order valence-corrected chi connectivity index (χ4v) is 6.83. The van der Waals surface area contributed by atoms with Crippen LogP contribution in [0.3, 0.4) is 0 Å². The van der Waals surface area contributed by atoms with Crippen LogP contribution >= 0.6 is 0 Å². The molecule has 182 valence electrons. The van der Waals surface area contributed by atoms with Crippen LogP contribution in [-0.2, 0) is 20.4 Å². The van der Waals surface area contributed by atoms with E-state index in [1.807, 2.05) is 60.7 Å². The van der Waals surface area contributed by atoms with Crippen molar-refractivity contribution in [1.82, 2.24) is 14.5 Å². The van der Waals surface area contributed by atoms with E-state index in [1.54, 1.807) is 0 Å². The van der Waals surface area contributed by atoms with Crippen LogP contribution in [0.2, 0.25) is 0 Å². The number of aliphatic hydroxyl groups is 1. The minimum atomic E-state index is -3.60. The first kappa shape index (κ1) is 24.4. The van der Waals surface area contributed by atoms with Crippen LogP contribution in [0.5, 0.6) is 0 Å². The third kappa shape index (κ3) is 5.01. The average molecular weight is 486 g/mol. The van der Waals surface area contributed by atoms with Crippen LogP contribution in [0.15, 0.2) is 60.7 Å². The summed E-state index contributed by atoms with van der Waals surface area (Å²) in [6, 6.07) is 17.5. The Kier molecular flexibility index (Phi) is 7.35. The Hall–Kier alpha value is -2.75. The number of nitrogens with zero attached hydrogens (tertiary/aromatic N) is 2. The summed E-state index contributed by atoms with van der Waals surface area (Å²) in [6.07, 6.45) is 2.95. The summed E-state index contributed by atoms with van der Waals surface area (Å²) in [5.74, 6) is -0.328. The van der Waals surface area contributed by atoms with Gasteiger partial charge < -0.3 is 10.0 Å². The van der Waals surface area contributed by atoms with Gasteiger partial charge in [-0.05, 0) is 36.8 Å². The summed E-state index contributed by atoms with van der Waals surface area (Å²) >= 11 is 0. The van der Waals surface area contributed by atoms with E-state index < -0.39 is 27.7 Å². The number of hydrogen-bond acceptors (Lipinski definition) is 5. The Morgan fingerprint density at radius 1 is 0.941 bits per heavy atom. The van der Waals surface area contributed by atoms with Gasteiger partial charge in [-0.2, -0.15) is 4.31 Å². The number of carbonyl (C=O) groups is 2. The van der Waals surface area contributed by atoms with E-state index in [4.69, 9.17) is 0 Å². The number of sulfonamides is 1. The van der Waals surface area contributed by atoms with Crippen molar-refractivity contribution in [3.8, 4) is 0 Å². The van der Waals surface area contributed by atoms with Gasteiger partial charge in [-0.25, -0.2) is 13.2 Å². The van der Waals surface area contributed by atoms with Crippen LogP contribution in [0, 0.1) is 0 Å². The van der Waals surface area contributed by atoms with Gasteiger partial charge in [0.15, 0.2) is 0 Å². The topological polar surface area (TPSA) is 107 Å². The maximum absolute atomic E-state index is 13.4. The molecule has 2 aliphatic rings. The lowest BCUT2D eigenvalue weighted by Crippen LogP contribution is -2.51. The maximum atomic E-state index is 13.4. The largest absolute Gasteiger partial charge is 0.379 e. The van der Waals surface area contributed by atoms with Crippen molar-refractivity contribution in [2.75, 3.05) is 25.4 Å². The third-order valence-electron chi connectivity index (χ3n) is 6.67. The highest BCUT2D eigenvalue weighted by Crippen LogP contribution is 2.41. The molecule has 0 saturated carbocycles. The number of hydrogen-bond donors (Lipinski definition) is 2. The molecule has 34 heavy (non-hydrogen) atoms. The molecule has 4 rings (SSSR count). The molecule has 0 aromatic heterocycles. The highest BCUT2D eigenvalue weighted by Gasteiger charge is 2.49. The lowest BCUT2D eigenvalue weighted by atomic mass is 9.79. The van der Waals surface area contributed by atoms with Gasteiger partial charge in [-0.1, -0.05) is 67.1 Å². The van der Waals surface area contributed by atoms with E-state index in [0.29, 0.717) is 56.3 Å². The van der Waals surface area contributed by atoms with Crippen molar-refractivity contribution in [3.63, 3.8) is 0 Å². The highest BCUT2D eigenvalue weighted by atomic mass is 32.2. The molecule has 2 aromatic rings. The molecule has 0 radical (unpaired) electrons. The molecule has 1 unspecified atom stereocenters. The summed E-state index contributed by atoms with van der Waals surface area (Å²) in [7, 11) is -3.60. The van der Waals surface area contributed by atoms with Crippen LogP contribution in [0.25, 0.3) is 0 Å². The second-order valence-corrected chi connectivity index (χ2v) is 11.0. The van der Waals surface area contributed by atoms with E-state index in [9.17, 15) is 23.1 Å². The maximum Gasteiger partial charge on any atom is 0.324 e. The Bertz CT molecular complexity index is 1070. The summed E-state index contributed by atoms with van der Waals surface area (Å²) in [5.41, 5.74) is -0.111. The van der Waals surface area contributed by atoms with Crippen LogP contribution in [0.1, 0.15) is 43.2 Å². The third-order valence-corrected chi connectivity index (χ3v) is 8.63. The van der Waals surface area contributed by atoms with Crippen LogP contribution in [0.4, 0.5) is 4.79 Å². The molecule has 2 saturated heterocycles. The monoisotopic (exact) mass is 485 g/mol. The second kappa shape index (κ2) is 10.2. The van der Waals surface area contributed by atoms with Crippen molar-refractivity contribution in [2.24, 2.45) is 0 Å². The first-order valence-electron chi connectivity index (χ1n) is 11.7. The average Bonchev–Trinajstić information content (AvgIpc) is 3.46. The zero-order valence-electron chi connectivity index (χ0n) is 19.1. The number of nitrogens with one attached hydrogen (secondary N) is 1. The standard InChI is InChI=1S/C25H31N3O5S/c29-23-19-27(24(30)26-23)16-8-3-9-18-34(32,33)28-17-10-15-22(28)25(31,20-11-4-1-5-12-20)21-13-6-2-7-14-21/h1-2,4-7,11-14,22,31H,3,8-10,15-19H2,(H,26,29,30). The van der Waals surface area contributed by atoms with E-state index in [0.717, 1.165) is 0 Å². The Morgan fingerprint density at radius 2 is 1.56 bits per heavy atom. The zero-order valence-corrected chi connectivity index (χ0v) is 19.9. The molecule has 2 aromatic carbocycles. The van der Waals surface area contributed by atoms with Gasteiger partial charge in [0, 0.05) is 13.1 Å². The molecule has 0 aliphatic carbocycles. The molecule has 3 amide bonds. The summed E-state index contributed by atoms with van der Waals surface area (Å²) in [6.45, 7) is 0.862. The van der Waals surface area contributed by atoms with E-state index >= 15 is 0 Å². The predicted octanol–water partition coefficient (Wildman–Crippen LogP) is 2.44. The Labute approximate surface area is 200 Å². The number of imide groups is 1. The normalized spacial score (nSPS) is 19.6. The van der Waals surface area contributed by atoms with Crippen molar-refractivity contribution in [1.29, 1.82) is 0 Å². The first-order valence-corrected chi connectivity index (χ1v) is 13.3. The number of benzene rings is 2. The fourth-order valence-electron chi connectivity index (χ4n) is 4.97. The number of rotatable bonds is 10. The van der Waals surface area contributed by atoms with Crippen LogP contribution < -0.4 is 5.32 Å². The molecule has 2 N–H and O–H groups in total. The van der Waals surface area contributed by atoms with Gasteiger partial charge in [-0.3, -0.25) is 10.1 Å². The van der Waals surface area contributed by atoms with Crippen molar-refractivity contribution in [2.45, 2.75) is 43.7 Å². The van der Waals surface area contributed by atoms with Crippen molar-refractivity contribution in [3.05, 3.63) is 71.8 Å². The van der Waals surface area contributed by atoms with Gasteiger partial charge in [-0.15, -0.1) is 0 Å². The highest BCUT2D eigenvalue weighted by molar-refractivity contribution is 7.89. The van der Waals surface area contributed by atoms with E-state index in [2.05, 4.69) is 5.32 Å². The van der Waals surface area contributed by atoms with Gasteiger partial charge in [0.1, 0.15) is 12.1 Å². The summed E-state index contributed by atoms with van der Waals surface area (Å²) in [4.78, 5) is 24.3. The lowest BCUT2D eigenvalue weighted by Gasteiger charge is -2.39. The van der Waals surface area contributed by atoms with Gasteiger partial charge in [0.2, 0.25) is 15.9 Å². The van der Waals surface area contributed by atoms with Gasteiger partial charge in [0.25, 0.3) is 0 Å². The molecular weight excluding hydrogens is 454 g/mol. The number of urea groups is 1. The second-order valence-electron chi connectivity index (χ2n) is 8.92. The molecule has 8 nitrogen and oxygen atoms in total. The minimum absolute atomic E-state index is 0.0196. The SMILES string of the molecule is O=C1CN(CCCCCS(=O)(=O)N2CCCC2C(O)(c2ccccc2)c2ccccc2)C(=O)N1. The Balaban J connectivity index is 1.45. The van der Waals surface area contributed by atoms with Gasteiger partial charge >= 0.3 is 6.03 Å². The fraction of sp³-hybridized carbons (Fsp3) is 0.440.